The summed E-state index contributed by atoms with van der Waals surface area (Å²) < 4.78 is 7.47. The Kier molecular flexibility index (Phi) is 4.16. The van der Waals surface area contributed by atoms with Gasteiger partial charge in [-0.25, -0.2) is 0 Å². The Labute approximate surface area is 104 Å². The fourth-order valence-corrected chi connectivity index (χ4v) is 3.96. The second-order valence-corrected chi connectivity index (χ2v) is 6.19. The minimum Gasteiger partial charge on any atom is -0.379 e. The summed E-state index contributed by atoms with van der Waals surface area (Å²) >= 11 is 0. The Hall–Kier alpha value is -0.470. The van der Waals surface area contributed by atoms with Crippen LogP contribution in [0.25, 0.3) is 0 Å². The molecule has 1 saturated heterocycles. The molecule has 1 aromatic carbocycles. The third kappa shape index (κ3) is 2.86. The molecular weight excluding hydrogens is 233 g/mol. The lowest BCUT2D eigenvalue weighted by molar-refractivity contribution is 0.0724. The van der Waals surface area contributed by atoms with E-state index >= 15 is 0 Å². The molecule has 94 valence electrons. The topological polar surface area (TPSA) is 32.7 Å². The third-order valence-electron chi connectivity index (χ3n) is 3.09. The summed E-state index contributed by atoms with van der Waals surface area (Å²) in [5.41, 5.74) is 3.65. The van der Waals surface area contributed by atoms with Crippen molar-refractivity contribution in [3.05, 3.63) is 28.8 Å². The van der Waals surface area contributed by atoms with Crippen molar-refractivity contribution in [1.82, 2.24) is 4.67 Å². The van der Waals surface area contributed by atoms with Crippen molar-refractivity contribution in [2.75, 3.05) is 26.3 Å². The van der Waals surface area contributed by atoms with Gasteiger partial charge in [0, 0.05) is 18.4 Å². The summed E-state index contributed by atoms with van der Waals surface area (Å²) in [5.74, 6) is 0. The van der Waals surface area contributed by atoms with Crippen LogP contribution in [0.2, 0.25) is 0 Å². The molecule has 0 radical (unpaired) electrons. The van der Waals surface area contributed by atoms with Crippen LogP contribution in [0.3, 0.4) is 0 Å². The zero-order valence-electron chi connectivity index (χ0n) is 10.7. The zero-order valence-corrected chi connectivity index (χ0v) is 11.6. The van der Waals surface area contributed by atoms with Gasteiger partial charge in [0.1, 0.15) is 8.30 Å². The standard InChI is InChI=1S/C13H20NO2P/c1-10-8-11(2)13(12(3)9-10)17(15)14-4-6-16-7-5-14/h8-9,15H,4-7H2,1-3H3. The van der Waals surface area contributed by atoms with Gasteiger partial charge >= 0.3 is 0 Å². The van der Waals surface area contributed by atoms with Gasteiger partial charge in [-0.2, -0.15) is 0 Å². The van der Waals surface area contributed by atoms with Gasteiger partial charge in [0.2, 0.25) is 0 Å². The zero-order chi connectivity index (χ0) is 12.4. The summed E-state index contributed by atoms with van der Waals surface area (Å²) in [5, 5.41) is 1.12. The molecule has 3 nitrogen and oxygen atoms in total. The van der Waals surface area contributed by atoms with Crippen LogP contribution < -0.4 is 5.30 Å². The number of rotatable bonds is 2. The third-order valence-corrected chi connectivity index (χ3v) is 5.13. The first kappa shape index (κ1) is 13.0. The molecule has 1 unspecified atom stereocenters. The maximum atomic E-state index is 10.5. The Bertz CT molecular complexity index is 379. The number of hydrogen-bond donors (Lipinski definition) is 1. The molecule has 1 N–H and O–H groups in total. The number of ether oxygens (including phenoxy) is 1. The first-order valence-electron chi connectivity index (χ1n) is 5.99. The normalized spacial score (nSPS) is 19.3. The first-order chi connectivity index (χ1) is 8.09. The Balaban J connectivity index is 2.26. The second-order valence-electron chi connectivity index (χ2n) is 4.60. The highest BCUT2D eigenvalue weighted by Crippen LogP contribution is 2.37. The largest absolute Gasteiger partial charge is 0.379 e. The van der Waals surface area contributed by atoms with Gasteiger partial charge in [-0.15, -0.1) is 0 Å². The fourth-order valence-electron chi connectivity index (χ4n) is 2.37. The van der Waals surface area contributed by atoms with E-state index in [2.05, 4.69) is 37.6 Å². The molecule has 0 spiro atoms. The second kappa shape index (κ2) is 5.45. The lowest BCUT2D eigenvalue weighted by Gasteiger charge is -2.32. The van der Waals surface area contributed by atoms with E-state index in [0.717, 1.165) is 31.6 Å². The highest BCUT2D eigenvalue weighted by molar-refractivity contribution is 7.57. The lowest BCUT2D eigenvalue weighted by atomic mass is 10.1. The van der Waals surface area contributed by atoms with Gasteiger partial charge < -0.3 is 9.63 Å². The van der Waals surface area contributed by atoms with Crippen LogP contribution in [0.15, 0.2) is 12.1 Å². The molecule has 0 amide bonds. The summed E-state index contributed by atoms with van der Waals surface area (Å²) in [6.07, 6.45) is 0. The SMILES string of the molecule is Cc1cc(C)c(P(O)N2CCOCC2)c(C)c1. The van der Waals surface area contributed by atoms with Crippen molar-refractivity contribution >= 4 is 13.6 Å². The summed E-state index contributed by atoms with van der Waals surface area (Å²) in [6.45, 7) is 9.37. The summed E-state index contributed by atoms with van der Waals surface area (Å²) in [4.78, 5) is 10.5. The van der Waals surface area contributed by atoms with Crippen molar-refractivity contribution in [2.45, 2.75) is 20.8 Å². The molecule has 17 heavy (non-hydrogen) atoms. The lowest BCUT2D eigenvalue weighted by Crippen LogP contribution is -2.35. The average molecular weight is 253 g/mol. The molecular formula is C13H20NO2P. The van der Waals surface area contributed by atoms with Gasteiger partial charge in [-0.05, 0) is 31.9 Å². The van der Waals surface area contributed by atoms with Gasteiger partial charge in [0.15, 0.2) is 0 Å². The highest BCUT2D eigenvalue weighted by Gasteiger charge is 2.23. The first-order valence-corrected chi connectivity index (χ1v) is 7.24. The predicted octanol–water partition coefficient (Wildman–Crippen LogP) is 1.87. The Morgan fingerprint density at radius 2 is 1.65 bits per heavy atom. The van der Waals surface area contributed by atoms with Crippen LogP contribution in [0, 0.1) is 20.8 Å². The molecule has 1 atom stereocenters. The van der Waals surface area contributed by atoms with E-state index in [1.807, 2.05) is 0 Å². The fraction of sp³-hybridized carbons (Fsp3) is 0.538. The van der Waals surface area contributed by atoms with E-state index < -0.39 is 8.30 Å². The Morgan fingerprint density at radius 1 is 1.12 bits per heavy atom. The van der Waals surface area contributed by atoms with Crippen LogP contribution in [-0.4, -0.2) is 35.9 Å². The van der Waals surface area contributed by atoms with E-state index in [0.29, 0.717) is 0 Å². The molecule has 4 heteroatoms. The van der Waals surface area contributed by atoms with E-state index in [-0.39, 0.29) is 0 Å². The van der Waals surface area contributed by atoms with Crippen LogP contribution in [-0.2, 0) is 4.74 Å². The molecule has 1 aliphatic rings. The maximum Gasteiger partial charge on any atom is 0.135 e. The molecule has 0 aliphatic carbocycles. The molecule has 1 heterocycles. The molecule has 0 aromatic heterocycles. The van der Waals surface area contributed by atoms with E-state index in [4.69, 9.17) is 4.74 Å². The van der Waals surface area contributed by atoms with Crippen LogP contribution in [0.4, 0.5) is 0 Å². The number of aryl methyl sites for hydroxylation is 3. The van der Waals surface area contributed by atoms with Crippen LogP contribution >= 0.6 is 8.30 Å². The van der Waals surface area contributed by atoms with Crippen molar-refractivity contribution < 1.29 is 9.63 Å². The van der Waals surface area contributed by atoms with E-state index in [1.165, 1.54) is 16.7 Å². The number of nitrogens with zero attached hydrogens (tertiary/aromatic N) is 1. The van der Waals surface area contributed by atoms with Crippen molar-refractivity contribution in [2.24, 2.45) is 0 Å². The molecule has 1 aromatic rings. The quantitative estimate of drug-likeness (QED) is 0.817. The molecule has 1 aliphatic heterocycles. The van der Waals surface area contributed by atoms with E-state index in [1.54, 1.807) is 0 Å². The summed E-state index contributed by atoms with van der Waals surface area (Å²) in [6, 6.07) is 4.29. The molecule has 1 fully saturated rings. The minimum absolute atomic E-state index is 0.726. The Morgan fingerprint density at radius 3 is 2.18 bits per heavy atom. The predicted molar refractivity (Wildman–Crippen MR) is 71.8 cm³/mol. The van der Waals surface area contributed by atoms with Crippen molar-refractivity contribution in [3.63, 3.8) is 0 Å². The van der Waals surface area contributed by atoms with E-state index in [9.17, 15) is 4.89 Å². The highest BCUT2D eigenvalue weighted by atomic mass is 31.2. The van der Waals surface area contributed by atoms with Gasteiger partial charge in [0.05, 0.1) is 13.2 Å². The number of hydrogen-bond acceptors (Lipinski definition) is 3. The summed E-state index contributed by atoms with van der Waals surface area (Å²) in [7, 11) is -1.19. The van der Waals surface area contributed by atoms with Crippen molar-refractivity contribution in [1.29, 1.82) is 0 Å². The smallest absolute Gasteiger partial charge is 0.135 e. The number of morpholine rings is 1. The van der Waals surface area contributed by atoms with Crippen molar-refractivity contribution in [3.8, 4) is 0 Å². The van der Waals surface area contributed by atoms with Gasteiger partial charge in [-0.1, -0.05) is 17.7 Å². The maximum absolute atomic E-state index is 10.5. The van der Waals surface area contributed by atoms with Gasteiger partial charge in [0.25, 0.3) is 0 Å². The van der Waals surface area contributed by atoms with Crippen LogP contribution in [0.1, 0.15) is 16.7 Å². The van der Waals surface area contributed by atoms with Gasteiger partial charge in [-0.3, -0.25) is 4.67 Å². The molecule has 2 rings (SSSR count). The average Bonchev–Trinajstić information content (AvgIpc) is 2.28. The molecule has 0 saturated carbocycles. The monoisotopic (exact) mass is 253 g/mol. The molecule has 0 bridgehead atoms. The van der Waals surface area contributed by atoms with Crippen LogP contribution in [0.5, 0.6) is 0 Å². The number of benzene rings is 1. The minimum atomic E-state index is -1.19.